The monoisotopic (exact) mass is 450 g/mol. The van der Waals surface area contributed by atoms with E-state index in [4.69, 9.17) is 14.5 Å². The number of rotatable bonds is 7. The van der Waals surface area contributed by atoms with Crippen molar-refractivity contribution in [3.63, 3.8) is 0 Å². The molecule has 1 unspecified atom stereocenters. The van der Waals surface area contributed by atoms with E-state index in [1.807, 2.05) is 42.5 Å². The van der Waals surface area contributed by atoms with Gasteiger partial charge in [-0.3, -0.25) is 9.79 Å². The Morgan fingerprint density at radius 3 is 2.53 bits per heavy atom. The molecule has 0 bridgehead atoms. The van der Waals surface area contributed by atoms with Gasteiger partial charge in [-0.15, -0.1) is 11.8 Å². The minimum Gasteiger partial charge on any atom is -0.493 e. The molecular formula is C25H23FN2O3S. The van der Waals surface area contributed by atoms with Crippen molar-refractivity contribution in [3.05, 3.63) is 83.7 Å². The first-order valence-corrected chi connectivity index (χ1v) is 11.0. The van der Waals surface area contributed by atoms with Crippen LogP contribution in [0.4, 0.5) is 10.1 Å². The SMILES string of the molecule is COc1ccc(C2=Nc3ccccc3SC2CC(=O)NCc2ccc(F)cc2)cc1OC. The number of nitrogens with zero attached hydrogens (tertiary/aromatic N) is 1. The molecule has 3 aromatic carbocycles. The number of carbonyl (C=O) groups excluding carboxylic acids is 1. The summed E-state index contributed by atoms with van der Waals surface area (Å²) >= 11 is 1.62. The Labute approximate surface area is 190 Å². The predicted molar refractivity (Wildman–Crippen MR) is 125 cm³/mol. The highest BCUT2D eigenvalue weighted by molar-refractivity contribution is 8.01. The molecule has 3 aromatic rings. The Morgan fingerprint density at radius 1 is 1.03 bits per heavy atom. The average molecular weight is 451 g/mol. The van der Waals surface area contributed by atoms with Gasteiger partial charge in [-0.05, 0) is 48.0 Å². The highest BCUT2D eigenvalue weighted by atomic mass is 32.2. The van der Waals surface area contributed by atoms with Gasteiger partial charge in [0.1, 0.15) is 5.82 Å². The van der Waals surface area contributed by atoms with Crippen molar-refractivity contribution in [2.75, 3.05) is 14.2 Å². The normalized spacial score (nSPS) is 14.8. The number of hydrogen-bond acceptors (Lipinski definition) is 5. The number of benzene rings is 3. The molecule has 0 saturated carbocycles. The molecule has 5 nitrogen and oxygen atoms in total. The van der Waals surface area contributed by atoms with Crippen molar-refractivity contribution in [1.82, 2.24) is 5.32 Å². The fraction of sp³-hybridized carbons (Fsp3) is 0.200. The smallest absolute Gasteiger partial charge is 0.221 e. The summed E-state index contributed by atoms with van der Waals surface area (Å²) in [6, 6.07) is 19.6. The molecule has 0 aromatic heterocycles. The molecule has 32 heavy (non-hydrogen) atoms. The van der Waals surface area contributed by atoms with E-state index in [9.17, 15) is 9.18 Å². The third kappa shape index (κ3) is 4.94. The molecule has 1 aliphatic heterocycles. The zero-order valence-corrected chi connectivity index (χ0v) is 18.6. The van der Waals surface area contributed by atoms with Crippen LogP contribution in [0.3, 0.4) is 0 Å². The van der Waals surface area contributed by atoms with Gasteiger partial charge in [0, 0.05) is 23.4 Å². The lowest BCUT2D eigenvalue weighted by Gasteiger charge is -2.25. The molecule has 0 spiro atoms. The Balaban J connectivity index is 1.57. The van der Waals surface area contributed by atoms with Crippen LogP contribution in [0.2, 0.25) is 0 Å². The number of hydrogen-bond donors (Lipinski definition) is 1. The zero-order chi connectivity index (χ0) is 22.5. The molecule has 0 aliphatic carbocycles. The summed E-state index contributed by atoms with van der Waals surface area (Å²) < 4.78 is 23.9. The first-order valence-electron chi connectivity index (χ1n) is 10.1. The number of aliphatic imine (C=N–C) groups is 1. The van der Waals surface area contributed by atoms with Gasteiger partial charge >= 0.3 is 0 Å². The van der Waals surface area contributed by atoms with Crippen LogP contribution in [-0.2, 0) is 11.3 Å². The van der Waals surface area contributed by atoms with Gasteiger partial charge in [0.05, 0.1) is 30.9 Å². The molecule has 4 rings (SSSR count). The van der Waals surface area contributed by atoms with Crippen molar-refractivity contribution in [2.24, 2.45) is 4.99 Å². The van der Waals surface area contributed by atoms with Gasteiger partial charge in [0.15, 0.2) is 11.5 Å². The maximum atomic E-state index is 13.1. The second kappa shape index (κ2) is 9.87. The van der Waals surface area contributed by atoms with Crippen LogP contribution in [0.15, 0.2) is 76.6 Å². The number of para-hydroxylation sites is 1. The lowest BCUT2D eigenvalue weighted by Crippen LogP contribution is -2.31. The second-order valence-electron chi connectivity index (χ2n) is 7.25. The lowest BCUT2D eigenvalue weighted by atomic mass is 10.0. The number of nitrogens with one attached hydrogen (secondary N) is 1. The van der Waals surface area contributed by atoms with Crippen molar-refractivity contribution in [3.8, 4) is 11.5 Å². The van der Waals surface area contributed by atoms with Gasteiger partial charge in [-0.2, -0.15) is 0 Å². The fourth-order valence-corrected chi connectivity index (χ4v) is 4.72. The molecule has 1 amide bonds. The summed E-state index contributed by atoms with van der Waals surface area (Å²) in [5, 5.41) is 2.76. The standard InChI is InChI=1S/C25H23FN2O3S/c1-30-20-12-9-17(13-21(20)31-2)25-23(32-22-6-4-3-5-19(22)28-25)14-24(29)27-15-16-7-10-18(26)11-8-16/h3-13,23H,14-15H2,1-2H3,(H,27,29). The molecule has 0 fully saturated rings. The average Bonchev–Trinajstić information content (AvgIpc) is 2.82. The van der Waals surface area contributed by atoms with Crippen molar-refractivity contribution < 1.29 is 18.7 Å². The van der Waals surface area contributed by atoms with Crippen LogP contribution in [-0.4, -0.2) is 31.1 Å². The number of carbonyl (C=O) groups is 1. The minimum atomic E-state index is -0.298. The summed E-state index contributed by atoms with van der Waals surface area (Å²) in [4.78, 5) is 18.7. The van der Waals surface area contributed by atoms with Crippen LogP contribution >= 0.6 is 11.8 Å². The second-order valence-corrected chi connectivity index (χ2v) is 8.49. The number of thioether (sulfide) groups is 1. The van der Waals surface area contributed by atoms with Crippen LogP contribution in [0.5, 0.6) is 11.5 Å². The molecule has 0 radical (unpaired) electrons. The summed E-state index contributed by atoms with van der Waals surface area (Å²) in [5.41, 5.74) is 3.41. The van der Waals surface area contributed by atoms with Gasteiger partial charge in [-0.1, -0.05) is 24.3 Å². The van der Waals surface area contributed by atoms with Gasteiger partial charge in [-0.25, -0.2) is 4.39 Å². The molecule has 1 N–H and O–H groups in total. The van der Waals surface area contributed by atoms with E-state index in [1.54, 1.807) is 38.1 Å². The maximum Gasteiger partial charge on any atom is 0.221 e. The number of methoxy groups -OCH3 is 2. The summed E-state index contributed by atoms with van der Waals surface area (Å²) in [6.07, 6.45) is 0.257. The van der Waals surface area contributed by atoms with Gasteiger partial charge in [0.2, 0.25) is 5.91 Å². The molecule has 1 aliphatic rings. The van der Waals surface area contributed by atoms with Crippen LogP contribution < -0.4 is 14.8 Å². The Morgan fingerprint density at radius 2 is 1.78 bits per heavy atom. The van der Waals surface area contributed by atoms with Crippen molar-refractivity contribution >= 4 is 29.1 Å². The van der Waals surface area contributed by atoms with E-state index in [-0.39, 0.29) is 23.4 Å². The largest absolute Gasteiger partial charge is 0.493 e. The van der Waals surface area contributed by atoms with Crippen LogP contribution in [0.25, 0.3) is 0 Å². The highest BCUT2D eigenvalue weighted by Crippen LogP contribution is 2.41. The van der Waals surface area contributed by atoms with Crippen LogP contribution in [0, 0.1) is 5.82 Å². The summed E-state index contributed by atoms with van der Waals surface area (Å²) in [5.74, 6) is 0.845. The van der Waals surface area contributed by atoms with Crippen LogP contribution in [0.1, 0.15) is 17.5 Å². The predicted octanol–water partition coefficient (Wildman–Crippen LogP) is 5.14. The number of fused-ring (bicyclic) bond motifs is 1. The molecule has 0 saturated heterocycles. The first-order chi connectivity index (χ1) is 15.6. The minimum absolute atomic E-state index is 0.0978. The summed E-state index contributed by atoms with van der Waals surface area (Å²) in [6.45, 7) is 0.343. The first kappa shape index (κ1) is 21.9. The molecule has 1 heterocycles. The third-order valence-corrected chi connectivity index (χ3v) is 6.41. The van der Waals surface area contributed by atoms with E-state index < -0.39 is 0 Å². The topological polar surface area (TPSA) is 59.9 Å². The molecule has 1 atom stereocenters. The van der Waals surface area contributed by atoms with Crippen molar-refractivity contribution in [2.45, 2.75) is 23.1 Å². The number of ether oxygens (including phenoxy) is 2. The maximum absolute atomic E-state index is 13.1. The Bertz CT molecular complexity index is 1150. The lowest BCUT2D eigenvalue weighted by molar-refractivity contribution is -0.121. The number of halogens is 1. The third-order valence-electron chi connectivity index (χ3n) is 5.13. The highest BCUT2D eigenvalue weighted by Gasteiger charge is 2.28. The fourth-order valence-electron chi connectivity index (χ4n) is 3.49. The molecule has 164 valence electrons. The van der Waals surface area contributed by atoms with Crippen molar-refractivity contribution in [1.29, 1.82) is 0 Å². The molecular weight excluding hydrogens is 427 g/mol. The van der Waals surface area contributed by atoms with E-state index in [0.29, 0.717) is 18.0 Å². The molecule has 7 heteroatoms. The Hall–Kier alpha value is -3.32. The van der Waals surface area contributed by atoms with Gasteiger partial charge in [0.25, 0.3) is 0 Å². The van der Waals surface area contributed by atoms with E-state index in [1.165, 1.54) is 12.1 Å². The van der Waals surface area contributed by atoms with E-state index in [0.717, 1.165) is 27.4 Å². The summed E-state index contributed by atoms with van der Waals surface area (Å²) in [7, 11) is 3.19. The van der Waals surface area contributed by atoms with E-state index in [2.05, 4.69) is 5.32 Å². The quantitative estimate of drug-likeness (QED) is 0.541. The van der Waals surface area contributed by atoms with E-state index >= 15 is 0 Å². The van der Waals surface area contributed by atoms with Gasteiger partial charge < -0.3 is 14.8 Å². The Kier molecular flexibility index (Phi) is 6.75. The number of amides is 1. The zero-order valence-electron chi connectivity index (χ0n) is 17.8.